The average molecular weight is 441 g/mol. The second kappa shape index (κ2) is 10.7. The molecule has 1 aromatic carbocycles. The van der Waals surface area contributed by atoms with Gasteiger partial charge in [0.2, 0.25) is 0 Å². The fourth-order valence-corrected chi connectivity index (χ4v) is 3.70. The summed E-state index contributed by atoms with van der Waals surface area (Å²) in [4.78, 5) is 15.7. The van der Waals surface area contributed by atoms with Gasteiger partial charge < -0.3 is 29.7 Å². The van der Waals surface area contributed by atoms with Crippen molar-refractivity contribution in [2.75, 3.05) is 63.4 Å². The predicted molar refractivity (Wildman–Crippen MR) is 117 cm³/mol. The monoisotopic (exact) mass is 440 g/mol. The molecule has 1 amide bonds. The zero-order valence-corrected chi connectivity index (χ0v) is 18.2. The first-order valence-electron chi connectivity index (χ1n) is 10.1. The van der Waals surface area contributed by atoms with Crippen LogP contribution in [0.15, 0.2) is 18.2 Å². The zero-order valence-electron chi connectivity index (χ0n) is 17.4. The van der Waals surface area contributed by atoms with Crippen LogP contribution in [0, 0.1) is 5.82 Å². The van der Waals surface area contributed by atoms with Gasteiger partial charge in [0.25, 0.3) is 0 Å². The highest BCUT2D eigenvalue weighted by molar-refractivity contribution is 7.80. The number of thiocarbonyl (C=S) groups is 1. The van der Waals surface area contributed by atoms with Crippen LogP contribution in [0.1, 0.15) is 12.8 Å². The molecule has 1 atom stereocenters. The van der Waals surface area contributed by atoms with Crippen LogP contribution in [0.5, 0.6) is 0 Å². The third kappa shape index (κ3) is 5.71. The van der Waals surface area contributed by atoms with E-state index in [0.29, 0.717) is 42.8 Å². The van der Waals surface area contributed by atoms with Crippen molar-refractivity contribution >= 4 is 34.8 Å². The Morgan fingerprint density at radius 1 is 1.33 bits per heavy atom. The summed E-state index contributed by atoms with van der Waals surface area (Å²) in [7, 11) is 3.36. The van der Waals surface area contributed by atoms with Gasteiger partial charge in [0.15, 0.2) is 5.11 Å². The fraction of sp³-hybridized carbons (Fsp3) is 0.600. The van der Waals surface area contributed by atoms with Crippen molar-refractivity contribution in [1.82, 2.24) is 10.6 Å². The summed E-state index contributed by atoms with van der Waals surface area (Å²) >= 11 is 5.03. The number of amides is 1. The summed E-state index contributed by atoms with van der Waals surface area (Å²) in [5, 5.41) is 6.25. The minimum absolute atomic E-state index is 0.180. The molecule has 166 valence electrons. The number of nitrogens with one attached hydrogen (secondary N) is 2. The summed E-state index contributed by atoms with van der Waals surface area (Å²) in [6.07, 6.45) is 1.01. The van der Waals surface area contributed by atoms with Crippen LogP contribution in [-0.2, 0) is 14.2 Å². The van der Waals surface area contributed by atoms with Crippen LogP contribution < -0.4 is 20.4 Å². The zero-order chi connectivity index (χ0) is 21.5. The van der Waals surface area contributed by atoms with Crippen molar-refractivity contribution in [3.8, 4) is 0 Å². The van der Waals surface area contributed by atoms with Gasteiger partial charge in [-0.3, -0.25) is 4.90 Å². The molecular formula is C20H29FN4O4S. The lowest BCUT2D eigenvalue weighted by molar-refractivity contribution is 0.00605. The Labute approximate surface area is 181 Å². The average Bonchev–Trinajstić information content (AvgIpc) is 3.13. The van der Waals surface area contributed by atoms with Crippen LogP contribution in [0.2, 0.25) is 0 Å². The van der Waals surface area contributed by atoms with E-state index in [-0.39, 0.29) is 18.0 Å². The number of rotatable bonds is 8. The third-order valence-electron chi connectivity index (χ3n) is 5.26. The molecule has 2 heterocycles. The number of halogens is 1. The van der Waals surface area contributed by atoms with Gasteiger partial charge in [0, 0.05) is 27.2 Å². The van der Waals surface area contributed by atoms with Gasteiger partial charge in [-0.05, 0) is 43.3 Å². The number of nitrogens with zero attached hydrogens (tertiary/aromatic N) is 2. The minimum atomic E-state index is -0.488. The van der Waals surface area contributed by atoms with E-state index >= 15 is 0 Å². The van der Waals surface area contributed by atoms with E-state index in [1.54, 1.807) is 26.3 Å². The van der Waals surface area contributed by atoms with Gasteiger partial charge >= 0.3 is 6.09 Å². The maximum Gasteiger partial charge on any atom is 0.414 e. The van der Waals surface area contributed by atoms with Crippen molar-refractivity contribution in [3.63, 3.8) is 0 Å². The molecule has 2 aliphatic heterocycles. The lowest BCUT2D eigenvalue weighted by Gasteiger charge is -2.34. The Morgan fingerprint density at radius 3 is 2.77 bits per heavy atom. The van der Waals surface area contributed by atoms with Gasteiger partial charge in [-0.1, -0.05) is 0 Å². The van der Waals surface area contributed by atoms with Crippen molar-refractivity contribution in [2.24, 2.45) is 0 Å². The minimum Gasteiger partial charge on any atom is -0.442 e. The Kier molecular flexibility index (Phi) is 8.06. The van der Waals surface area contributed by atoms with Crippen LogP contribution in [0.3, 0.4) is 0 Å². The second-order valence-corrected chi connectivity index (χ2v) is 7.67. The van der Waals surface area contributed by atoms with E-state index < -0.39 is 6.09 Å². The summed E-state index contributed by atoms with van der Waals surface area (Å²) in [6.45, 7) is 3.32. The van der Waals surface area contributed by atoms with Crippen molar-refractivity contribution in [3.05, 3.63) is 24.0 Å². The molecule has 0 aliphatic carbocycles. The van der Waals surface area contributed by atoms with Crippen molar-refractivity contribution < 1.29 is 23.4 Å². The molecule has 2 aliphatic rings. The van der Waals surface area contributed by atoms with Gasteiger partial charge in [0.05, 0.1) is 43.8 Å². The molecule has 2 fully saturated rings. The highest BCUT2D eigenvalue weighted by Gasteiger charge is 2.33. The van der Waals surface area contributed by atoms with Gasteiger partial charge in [0.1, 0.15) is 11.9 Å². The van der Waals surface area contributed by atoms with E-state index in [2.05, 4.69) is 10.6 Å². The number of piperidine rings is 1. The van der Waals surface area contributed by atoms with Crippen LogP contribution in [0.4, 0.5) is 20.6 Å². The maximum atomic E-state index is 14.9. The number of anilines is 2. The summed E-state index contributed by atoms with van der Waals surface area (Å²) in [5.74, 6) is -0.350. The smallest absolute Gasteiger partial charge is 0.414 e. The lowest BCUT2D eigenvalue weighted by atomic mass is 10.1. The Bertz CT molecular complexity index is 746. The highest BCUT2D eigenvalue weighted by Crippen LogP contribution is 2.29. The van der Waals surface area contributed by atoms with Gasteiger partial charge in [-0.15, -0.1) is 0 Å². The summed E-state index contributed by atoms with van der Waals surface area (Å²) < 4.78 is 31.0. The molecule has 8 nitrogen and oxygen atoms in total. The number of hydrogen-bond donors (Lipinski definition) is 2. The number of carbonyl (C=O) groups is 1. The van der Waals surface area contributed by atoms with Crippen molar-refractivity contribution in [1.29, 1.82) is 0 Å². The molecule has 0 saturated carbocycles. The molecule has 0 radical (unpaired) electrons. The van der Waals surface area contributed by atoms with Gasteiger partial charge in [-0.25, -0.2) is 9.18 Å². The van der Waals surface area contributed by atoms with Crippen LogP contribution in [-0.4, -0.2) is 77.0 Å². The number of cyclic esters (lactones) is 1. The third-order valence-corrected chi connectivity index (χ3v) is 5.61. The van der Waals surface area contributed by atoms with E-state index in [0.717, 1.165) is 25.9 Å². The van der Waals surface area contributed by atoms with E-state index in [9.17, 15) is 9.18 Å². The molecule has 0 aromatic heterocycles. The Balaban J connectivity index is 1.55. The number of methoxy groups -OCH3 is 1. The SMILES string of the molecule is CNC(=S)NC[C@H]1CN(c2ccc(N3CCC(OCCOC)CC3)c(F)c2)C(=O)O1. The molecule has 3 rings (SSSR count). The molecule has 1 aromatic rings. The van der Waals surface area contributed by atoms with Crippen LogP contribution in [0.25, 0.3) is 0 Å². The number of benzene rings is 1. The summed E-state index contributed by atoms with van der Waals surface area (Å²) in [5.41, 5.74) is 1.02. The number of ether oxygens (including phenoxy) is 3. The first kappa shape index (κ1) is 22.5. The first-order valence-corrected chi connectivity index (χ1v) is 10.5. The van der Waals surface area contributed by atoms with E-state index in [1.807, 2.05) is 4.90 Å². The maximum absolute atomic E-state index is 14.9. The normalized spacial score (nSPS) is 19.7. The first-order chi connectivity index (χ1) is 14.5. The molecule has 10 heteroatoms. The molecule has 0 unspecified atom stereocenters. The fourth-order valence-electron chi connectivity index (χ4n) is 3.62. The molecule has 0 bridgehead atoms. The van der Waals surface area contributed by atoms with Crippen LogP contribution >= 0.6 is 12.2 Å². The standard InChI is InChI=1S/C20H29FN4O4S/c1-22-19(30)23-12-16-13-25(20(26)29-16)14-3-4-18(17(21)11-14)24-7-5-15(6-8-24)28-10-9-27-2/h3-4,11,15-16H,5-10,12-13H2,1-2H3,(H2,22,23,30)/t16-/m0/s1. The molecule has 0 spiro atoms. The summed E-state index contributed by atoms with van der Waals surface area (Å²) in [6, 6.07) is 4.88. The predicted octanol–water partition coefficient (Wildman–Crippen LogP) is 1.88. The Hall–Kier alpha value is -2.17. The largest absolute Gasteiger partial charge is 0.442 e. The van der Waals surface area contributed by atoms with E-state index in [1.165, 1.54) is 11.0 Å². The number of hydrogen-bond acceptors (Lipinski definition) is 6. The lowest BCUT2D eigenvalue weighted by Crippen LogP contribution is -2.39. The molecule has 2 saturated heterocycles. The molecular weight excluding hydrogens is 411 g/mol. The van der Waals surface area contributed by atoms with E-state index in [4.69, 9.17) is 26.4 Å². The van der Waals surface area contributed by atoms with Crippen molar-refractivity contribution in [2.45, 2.75) is 25.0 Å². The Morgan fingerprint density at radius 2 is 2.10 bits per heavy atom. The second-order valence-electron chi connectivity index (χ2n) is 7.26. The highest BCUT2D eigenvalue weighted by atomic mass is 32.1. The molecule has 2 N–H and O–H groups in total. The number of carbonyl (C=O) groups excluding carboxylic acids is 1. The molecule has 30 heavy (non-hydrogen) atoms. The quantitative estimate of drug-likeness (QED) is 0.469. The van der Waals surface area contributed by atoms with Gasteiger partial charge in [-0.2, -0.15) is 0 Å². The topological polar surface area (TPSA) is 75.3 Å².